The molecule has 0 saturated heterocycles. The van der Waals surface area contributed by atoms with Crippen LogP contribution in [-0.2, 0) is 17.8 Å². The lowest BCUT2D eigenvalue weighted by molar-refractivity contribution is -0.885. The first-order chi connectivity index (χ1) is 13.6. The van der Waals surface area contributed by atoms with Crippen LogP contribution in [0, 0.1) is 0 Å². The maximum atomic E-state index is 12.2. The molecule has 0 aliphatic heterocycles. The van der Waals surface area contributed by atoms with Gasteiger partial charge in [0.05, 0.1) is 14.2 Å². The van der Waals surface area contributed by atoms with Crippen molar-refractivity contribution >= 4 is 16.7 Å². The van der Waals surface area contributed by atoms with Gasteiger partial charge in [-0.2, -0.15) is 0 Å². The van der Waals surface area contributed by atoms with Gasteiger partial charge in [0.25, 0.3) is 5.91 Å². The Morgan fingerprint density at radius 3 is 2.50 bits per heavy atom. The fourth-order valence-electron chi connectivity index (χ4n) is 3.42. The van der Waals surface area contributed by atoms with Crippen LogP contribution < -0.4 is 15.0 Å². The topological polar surface area (TPSA) is 42.8 Å². The number of ether oxygens (including phenoxy) is 1. The summed E-state index contributed by atoms with van der Waals surface area (Å²) in [6, 6.07) is 22.9. The number of rotatable bonds is 9. The van der Waals surface area contributed by atoms with Crippen molar-refractivity contribution in [2.75, 3.05) is 27.2 Å². The molecule has 4 nitrogen and oxygen atoms in total. The van der Waals surface area contributed by atoms with Crippen LogP contribution in [0.5, 0.6) is 5.75 Å². The fourth-order valence-corrected chi connectivity index (χ4v) is 3.42. The van der Waals surface area contributed by atoms with Crippen LogP contribution in [0.15, 0.2) is 66.7 Å². The van der Waals surface area contributed by atoms with Crippen LogP contribution in [0.25, 0.3) is 10.8 Å². The molecular formula is C24H29N2O2+. The van der Waals surface area contributed by atoms with E-state index in [0.717, 1.165) is 37.1 Å². The number of likely N-dealkylation sites (N-methyl/N-ethyl adjacent to an activating group) is 1. The summed E-state index contributed by atoms with van der Waals surface area (Å²) in [4.78, 5) is 13.4. The highest BCUT2D eigenvalue weighted by Gasteiger charge is 2.10. The molecule has 0 aromatic heterocycles. The van der Waals surface area contributed by atoms with Gasteiger partial charge in [0.1, 0.15) is 12.3 Å². The van der Waals surface area contributed by atoms with E-state index < -0.39 is 0 Å². The number of benzene rings is 3. The van der Waals surface area contributed by atoms with E-state index in [9.17, 15) is 4.79 Å². The Morgan fingerprint density at radius 1 is 0.964 bits per heavy atom. The van der Waals surface area contributed by atoms with Crippen LogP contribution in [0.1, 0.15) is 17.5 Å². The normalized spacial score (nSPS) is 11.9. The van der Waals surface area contributed by atoms with E-state index in [1.165, 1.54) is 21.4 Å². The van der Waals surface area contributed by atoms with Gasteiger partial charge in [0, 0.05) is 12.1 Å². The summed E-state index contributed by atoms with van der Waals surface area (Å²) < 4.78 is 5.28. The number of quaternary nitrogens is 1. The van der Waals surface area contributed by atoms with Crippen LogP contribution in [0.2, 0.25) is 0 Å². The predicted molar refractivity (Wildman–Crippen MR) is 114 cm³/mol. The number of carbonyl (C=O) groups is 1. The van der Waals surface area contributed by atoms with E-state index in [4.69, 9.17) is 4.74 Å². The standard InChI is InChI=1S/C24H28N2O2/c1-26(18-24(27)25-14-6-9-19-7-4-3-5-8-19)17-20-10-11-22-16-23(28-2)13-12-21(22)15-20/h3-5,7-8,10-13,15-16H,6,9,14,17-18H2,1-2H3,(H,25,27)/p+1. The van der Waals surface area contributed by atoms with Gasteiger partial charge in [-0.25, -0.2) is 0 Å². The molecule has 3 aromatic carbocycles. The predicted octanol–water partition coefficient (Wildman–Crippen LogP) is 2.61. The van der Waals surface area contributed by atoms with E-state index in [1.54, 1.807) is 7.11 Å². The number of methoxy groups -OCH3 is 1. The van der Waals surface area contributed by atoms with Crippen molar-refractivity contribution in [2.45, 2.75) is 19.4 Å². The lowest BCUT2D eigenvalue weighted by Gasteiger charge is -2.14. The SMILES string of the molecule is COc1ccc2cc(C[NH+](C)CC(=O)NCCCc3ccccc3)ccc2c1. The highest BCUT2D eigenvalue weighted by molar-refractivity contribution is 5.84. The molecule has 3 rings (SSSR count). The van der Waals surface area contributed by atoms with E-state index in [1.807, 2.05) is 18.2 Å². The molecule has 4 heteroatoms. The van der Waals surface area contributed by atoms with Gasteiger partial charge < -0.3 is 15.0 Å². The van der Waals surface area contributed by atoms with Gasteiger partial charge in [-0.15, -0.1) is 0 Å². The van der Waals surface area contributed by atoms with E-state index in [0.29, 0.717) is 6.54 Å². The quantitative estimate of drug-likeness (QED) is 0.563. The van der Waals surface area contributed by atoms with Crippen molar-refractivity contribution in [2.24, 2.45) is 0 Å². The van der Waals surface area contributed by atoms with Crippen LogP contribution >= 0.6 is 0 Å². The number of fused-ring (bicyclic) bond motifs is 1. The molecular weight excluding hydrogens is 348 g/mol. The summed E-state index contributed by atoms with van der Waals surface area (Å²) in [5.41, 5.74) is 2.54. The molecule has 146 valence electrons. The van der Waals surface area contributed by atoms with E-state index >= 15 is 0 Å². The molecule has 0 saturated carbocycles. The van der Waals surface area contributed by atoms with Gasteiger partial charge in [0.2, 0.25) is 0 Å². The summed E-state index contributed by atoms with van der Waals surface area (Å²) >= 11 is 0. The molecule has 0 aliphatic carbocycles. The third-order valence-electron chi connectivity index (χ3n) is 4.89. The molecule has 0 heterocycles. The molecule has 0 aliphatic rings. The van der Waals surface area contributed by atoms with Crippen LogP contribution in [0.3, 0.4) is 0 Å². The Kier molecular flexibility index (Phi) is 7.04. The van der Waals surface area contributed by atoms with E-state index in [2.05, 4.69) is 60.9 Å². The van der Waals surface area contributed by atoms with Crippen LogP contribution in [-0.4, -0.2) is 33.2 Å². The van der Waals surface area contributed by atoms with Crippen molar-refractivity contribution < 1.29 is 14.4 Å². The van der Waals surface area contributed by atoms with Crippen molar-refractivity contribution in [3.63, 3.8) is 0 Å². The number of aryl methyl sites for hydroxylation is 1. The molecule has 3 aromatic rings. The minimum Gasteiger partial charge on any atom is -0.497 e. The van der Waals surface area contributed by atoms with Gasteiger partial charge in [-0.1, -0.05) is 48.5 Å². The summed E-state index contributed by atoms with van der Waals surface area (Å²) in [6.45, 7) is 2.02. The summed E-state index contributed by atoms with van der Waals surface area (Å²) in [5, 5.41) is 5.39. The summed E-state index contributed by atoms with van der Waals surface area (Å²) in [6.07, 6.45) is 1.95. The maximum Gasteiger partial charge on any atom is 0.275 e. The second kappa shape index (κ2) is 9.90. The monoisotopic (exact) mass is 377 g/mol. The van der Waals surface area contributed by atoms with Crippen LogP contribution in [0.4, 0.5) is 0 Å². The lowest BCUT2D eigenvalue weighted by atomic mass is 10.1. The fraction of sp³-hybridized carbons (Fsp3) is 0.292. The van der Waals surface area contributed by atoms with E-state index in [-0.39, 0.29) is 5.91 Å². The average Bonchev–Trinajstić information content (AvgIpc) is 2.71. The Balaban J connectivity index is 1.43. The highest BCUT2D eigenvalue weighted by Crippen LogP contribution is 2.21. The number of amides is 1. The molecule has 2 N–H and O–H groups in total. The number of carbonyl (C=O) groups excluding carboxylic acids is 1. The minimum atomic E-state index is 0.107. The minimum absolute atomic E-state index is 0.107. The molecule has 1 atom stereocenters. The zero-order valence-electron chi connectivity index (χ0n) is 16.7. The summed E-state index contributed by atoms with van der Waals surface area (Å²) in [7, 11) is 3.74. The lowest BCUT2D eigenvalue weighted by Crippen LogP contribution is -3.08. The van der Waals surface area contributed by atoms with Crippen molar-refractivity contribution in [1.82, 2.24) is 5.32 Å². The highest BCUT2D eigenvalue weighted by atomic mass is 16.5. The zero-order valence-corrected chi connectivity index (χ0v) is 16.7. The summed E-state index contributed by atoms with van der Waals surface area (Å²) in [5.74, 6) is 0.975. The first-order valence-electron chi connectivity index (χ1n) is 9.82. The first kappa shape index (κ1) is 19.9. The maximum absolute atomic E-state index is 12.2. The molecule has 0 bridgehead atoms. The Hall–Kier alpha value is -2.85. The van der Waals surface area contributed by atoms with Gasteiger partial charge >= 0.3 is 0 Å². The number of hydrogen-bond donors (Lipinski definition) is 2. The Labute approximate surface area is 167 Å². The van der Waals surface area contributed by atoms with Gasteiger partial charge in [-0.3, -0.25) is 4.79 Å². The molecule has 0 radical (unpaired) electrons. The molecule has 28 heavy (non-hydrogen) atoms. The second-order valence-electron chi connectivity index (χ2n) is 7.30. The van der Waals surface area contributed by atoms with Crippen molar-refractivity contribution in [3.8, 4) is 5.75 Å². The van der Waals surface area contributed by atoms with Gasteiger partial charge in [0.15, 0.2) is 6.54 Å². The third-order valence-corrected chi connectivity index (χ3v) is 4.89. The third kappa shape index (κ3) is 5.83. The molecule has 1 unspecified atom stereocenters. The first-order valence-corrected chi connectivity index (χ1v) is 9.82. The number of nitrogens with one attached hydrogen (secondary N) is 2. The zero-order chi connectivity index (χ0) is 19.8. The largest absolute Gasteiger partial charge is 0.497 e. The molecule has 0 spiro atoms. The molecule has 1 amide bonds. The average molecular weight is 378 g/mol. The van der Waals surface area contributed by atoms with Crippen molar-refractivity contribution in [3.05, 3.63) is 77.9 Å². The van der Waals surface area contributed by atoms with Gasteiger partial charge in [-0.05, 0) is 47.4 Å². The smallest absolute Gasteiger partial charge is 0.275 e. The number of hydrogen-bond acceptors (Lipinski definition) is 2. The molecule has 0 fully saturated rings. The Bertz CT molecular complexity index is 909. The van der Waals surface area contributed by atoms with Crippen molar-refractivity contribution in [1.29, 1.82) is 0 Å². The second-order valence-corrected chi connectivity index (χ2v) is 7.30. The Morgan fingerprint density at radius 2 is 1.71 bits per heavy atom.